The predicted molar refractivity (Wildman–Crippen MR) is 81.1 cm³/mol. The van der Waals surface area contributed by atoms with Crippen LogP contribution in [0.15, 0.2) is 36.9 Å². The smallest absolute Gasteiger partial charge is 0.326 e. The highest BCUT2D eigenvalue weighted by molar-refractivity contribution is 5.91. The van der Waals surface area contributed by atoms with Gasteiger partial charge in [0.2, 0.25) is 5.91 Å². The number of hydrogen-bond acceptors (Lipinski definition) is 2. The third-order valence-corrected chi connectivity index (χ3v) is 3.40. The van der Waals surface area contributed by atoms with Gasteiger partial charge in [-0.1, -0.05) is 24.3 Å². The largest absolute Gasteiger partial charge is 0.480 e. The molecule has 1 aromatic heterocycles. The average molecular weight is 286 g/mol. The normalized spacial score (nSPS) is 12.0. The van der Waals surface area contributed by atoms with Crippen LogP contribution in [0.1, 0.15) is 17.7 Å². The summed E-state index contributed by atoms with van der Waals surface area (Å²) >= 11 is 0. The minimum Gasteiger partial charge on any atom is -0.480 e. The van der Waals surface area contributed by atoms with Crippen LogP contribution in [0.3, 0.4) is 0 Å². The van der Waals surface area contributed by atoms with Crippen molar-refractivity contribution in [1.82, 2.24) is 10.3 Å². The molecule has 5 heteroatoms. The summed E-state index contributed by atoms with van der Waals surface area (Å²) in [5.41, 5.74) is 2.78. The summed E-state index contributed by atoms with van der Waals surface area (Å²) < 4.78 is 0. The van der Waals surface area contributed by atoms with Crippen molar-refractivity contribution >= 4 is 22.8 Å². The van der Waals surface area contributed by atoms with Gasteiger partial charge < -0.3 is 15.4 Å². The number of carboxylic acids is 1. The molecule has 0 saturated carbocycles. The predicted octanol–water partition coefficient (Wildman–Crippen LogP) is 2.16. The topological polar surface area (TPSA) is 82.2 Å². The van der Waals surface area contributed by atoms with E-state index in [1.807, 2.05) is 31.2 Å². The second-order valence-corrected chi connectivity index (χ2v) is 4.93. The Balaban J connectivity index is 2.16. The van der Waals surface area contributed by atoms with E-state index in [9.17, 15) is 9.59 Å². The van der Waals surface area contributed by atoms with Crippen LogP contribution in [0.2, 0.25) is 0 Å². The summed E-state index contributed by atoms with van der Waals surface area (Å²) in [6.07, 6.45) is 1.83. The lowest BCUT2D eigenvalue weighted by Gasteiger charge is -2.12. The second-order valence-electron chi connectivity index (χ2n) is 4.93. The zero-order chi connectivity index (χ0) is 15.4. The molecule has 3 N–H and O–H groups in total. The summed E-state index contributed by atoms with van der Waals surface area (Å²) in [6, 6.07) is 6.79. The summed E-state index contributed by atoms with van der Waals surface area (Å²) in [5, 5.41) is 12.5. The number of benzene rings is 1. The number of carboxylic acid groups (broad SMARTS) is 1. The molecule has 0 bridgehead atoms. The van der Waals surface area contributed by atoms with Gasteiger partial charge in [-0.15, -0.1) is 6.58 Å². The van der Waals surface area contributed by atoms with E-state index in [4.69, 9.17) is 5.11 Å². The van der Waals surface area contributed by atoms with E-state index in [2.05, 4.69) is 16.9 Å². The Labute approximate surface area is 122 Å². The minimum atomic E-state index is -1.06. The third-order valence-electron chi connectivity index (χ3n) is 3.40. The van der Waals surface area contributed by atoms with E-state index in [1.165, 1.54) is 6.08 Å². The molecule has 0 aliphatic heterocycles. The van der Waals surface area contributed by atoms with Gasteiger partial charge in [0.25, 0.3) is 0 Å². The van der Waals surface area contributed by atoms with Crippen LogP contribution < -0.4 is 5.32 Å². The zero-order valence-corrected chi connectivity index (χ0v) is 11.8. The van der Waals surface area contributed by atoms with Gasteiger partial charge in [-0.25, -0.2) is 4.79 Å². The van der Waals surface area contributed by atoms with Crippen LogP contribution >= 0.6 is 0 Å². The van der Waals surface area contributed by atoms with E-state index in [0.29, 0.717) is 0 Å². The summed E-state index contributed by atoms with van der Waals surface area (Å²) in [6.45, 7) is 5.41. The monoisotopic (exact) mass is 286 g/mol. The summed E-state index contributed by atoms with van der Waals surface area (Å²) in [7, 11) is 0. The Morgan fingerprint density at radius 2 is 2.14 bits per heavy atom. The maximum atomic E-state index is 12.1. The minimum absolute atomic E-state index is 0.150. The molecular formula is C16H18N2O3. The van der Waals surface area contributed by atoms with Crippen LogP contribution in [0.4, 0.5) is 0 Å². The number of nitrogens with one attached hydrogen (secondary N) is 2. The molecule has 0 aliphatic carbocycles. The van der Waals surface area contributed by atoms with E-state index < -0.39 is 12.0 Å². The van der Waals surface area contributed by atoms with Crippen LogP contribution in [-0.4, -0.2) is 28.0 Å². The van der Waals surface area contributed by atoms with Crippen molar-refractivity contribution in [3.8, 4) is 0 Å². The number of para-hydroxylation sites is 1. The first-order valence-corrected chi connectivity index (χ1v) is 6.72. The average Bonchev–Trinajstić information content (AvgIpc) is 2.75. The number of amides is 1. The first-order valence-electron chi connectivity index (χ1n) is 6.72. The molecule has 1 heterocycles. The molecule has 1 amide bonds. The Morgan fingerprint density at radius 1 is 1.43 bits per heavy atom. The number of carbonyl (C=O) groups excluding carboxylic acids is 1. The summed E-state index contributed by atoms with van der Waals surface area (Å²) in [5.74, 6) is -1.36. The highest BCUT2D eigenvalue weighted by Crippen LogP contribution is 2.22. The zero-order valence-electron chi connectivity index (χ0n) is 11.8. The second kappa shape index (κ2) is 6.26. The van der Waals surface area contributed by atoms with Gasteiger partial charge in [-0.2, -0.15) is 0 Å². The highest BCUT2D eigenvalue weighted by atomic mass is 16.4. The number of aromatic amines is 1. The van der Waals surface area contributed by atoms with E-state index >= 15 is 0 Å². The Bertz CT molecular complexity index is 688. The maximum Gasteiger partial charge on any atom is 0.326 e. The first kappa shape index (κ1) is 14.8. The van der Waals surface area contributed by atoms with E-state index in [1.54, 1.807) is 0 Å². The Hall–Kier alpha value is -2.56. The van der Waals surface area contributed by atoms with Gasteiger partial charge in [0.1, 0.15) is 6.04 Å². The van der Waals surface area contributed by atoms with Crippen molar-refractivity contribution < 1.29 is 14.7 Å². The molecule has 0 radical (unpaired) electrons. The number of H-pyrrole nitrogens is 1. The van der Waals surface area contributed by atoms with Crippen molar-refractivity contribution in [1.29, 1.82) is 0 Å². The van der Waals surface area contributed by atoms with E-state index in [-0.39, 0.29) is 18.7 Å². The third kappa shape index (κ3) is 3.31. The maximum absolute atomic E-state index is 12.1. The van der Waals surface area contributed by atoms with Crippen LogP contribution in [0.5, 0.6) is 0 Å². The lowest BCUT2D eigenvalue weighted by Crippen LogP contribution is -2.41. The molecule has 1 atom stereocenters. The van der Waals surface area contributed by atoms with Gasteiger partial charge in [0.05, 0.1) is 6.42 Å². The Kier molecular flexibility index (Phi) is 4.42. The number of fused-ring (bicyclic) bond motifs is 1. The lowest BCUT2D eigenvalue weighted by molar-refractivity contribution is -0.141. The van der Waals surface area contributed by atoms with Crippen molar-refractivity contribution in [3.05, 3.63) is 48.2 Å². The Morgan fingerprint density at radius 3 is 2.81 bits per heavy atom. The van der Waals surface area contributed by atoms with Gasteiger partial charge in [-0.3, -0.25) is 4.79 Å². The quantitative estimate of drug-likeness (QED) is 0.712. The van der Waals surface area contributed by atoms with Crippen LogP contribution in [0, 0.1) is 6.92 Å². The number of aromatic nitrogens is 1. The van der Waals surface area contributed by atoms with Gasteiger partial charge >= 0.3 is 5.97 Å². The van der Waals surface area contributed by atoms with Gasteiger partial charge in [-0.05, 0) is 25.0 Å². The van der Waals surface area contributed by atoms with Crippen molar-refractivity contribution in [2.75, 3.05) is 0 Å². The van der Waals surface area contributed by atoms with Gasteiger partial charge in [0, 0.05) is 16.6 Å². The van der Waals surface area contributed by atoms with Crippen molar-refractivity contribution in [2.45, 2.75) is 25.8 Å². The molecule has 2 aromatic rings. The highest BCUT2D eigenvalue weighted by Gasteiger charge is 2.19. The van der Waals surface area contributed by atoms with E-state index in [0.717, 1.165) is 22.2 Å². The molecule has 0 saturated heterocycles. The fraction of sp³-hybridized carbons (Fsp3) is 0.250. The number of aliphatic carboxylic acids is 1. The summed E-state index contributed by atoms with van der Waals surface area (Å²) in [4.78, 5) is 26.3. The molecule has 2 rings (SSSR count). The molecule has 1 aromatic carbocycles. The SMILES string of the molecule is C=CCC(NC(=O)Cc1c(C)[nH]c2ccccc12)C(=O)O. The molecule has 0 fully saturated rings. The molecule has 5 nitrogen and oxygen atoms in total. The van der Waals surface area contributed by atoms with Crippen molar-refractivity contribution in [2.24, 2.45) is 0 Å². The van der Waals surface area contributed by atoms with Crippen LogP contribution in [0.25, 0.3) is 10.9 Å². The molecule has 21 heavy (non-hydrogen) atoms. The molecular weight excluding hydrogens is 268 g/mol. The number of hydrogen-bond donors (Lipinski definition) is 3. The fourth-order valence-corrected chi connectivity index (χ4v) is 2.36. The van der Waals surface area contributed by atoms with Gasteiger partial charge in [0.15, 0.2) is 0 Å². The molecule has 110 valence electrons. The number of rotatable bonds is 6. The van der Waals surface area contributed by atoms with Crippen molar-refractivity contribution in [3.63, 3.8) is 0 Å². The molecule has 1 unspecified atom stereocenters. The molecule has 0 spiro atoms. The fourth-order valence-electron chi connectivity index (χ4n) is 2.36. The molecule has 0 aliphatic rings. The first-order chi connectivity index (χ1) is 10.0. The number of carbonyl (C=O) groups is 2. The standard InChI is InChI=1S/C16H18N2O3/c1-3-6-14(16(20)21)18-15(19)9-12-10(2)17-13-8-5-4-7-11(12)13/h3-5,7-8,14,17H,1,6,9H2,2H3,(H,18,19)(H,20,21). The lowest BCUT2D eigenvalue weighted by atomic mass is 10.1. The number of aryl methyl sites for hydroxylation is 1. The van der Waals surface area contributed by atoms with Crippen LogP contribution in [-0.2, 0) is 16.0 Å².